The van der Waals surface area contributed by atoms with Gasteiger partial charge in [0.2, 0.25) is 10.0 Å². The molecule has 0 bridgehead atoms. The van der Waals surface area contributed by atoms with Gasteiger partial charge in [0.1, 0.15) is 16.4 Å². The van der Waals surface area contributed by atoms with Crippen LogP contribution in [0.1, 0.15) is 49.5 Å². The van der Waals surface area contributed by atoms with Crippen molar-refractivity contribution in [1.29, 1.82) is 0 Å². The van der Waals surface area contributed by atoms with E-state index in [1.807, 2.05) is 41.9 Å². The fourth-order valence-corrected chi connectivity index (χ4v) is 7.06. The number of thioether (sulfide) groups is 1. The first-order chi connectivity index (χ1) is 17.4. The Labute approximate surface area is 217 Å². The van der Waals surface area contributed by atoms with Gasteiger partial charge in [0.25, 0.3) is 0 Å². The van der Waals surface area contributed by atoms with Gasteiger partial charge in [0, 0.05) is 18.9 Å². The van der Waals surface area contributed by atoms with Gasteiger partial charge in [-0.05, 0) is 42.9 Å². The summed E-state index contributed by atoms with van der Waals surface area (Å²) in [6.07, 6.45) is 6.86. The van der Waals surface area contributed by atoms with Crippen molar-refractivity contribution in [3.05, 3.63) is 59.9 Å². The zero-order chi connectivity index (χ0) is 25.5. The molecule has 8 nitrogen and oxygen atoms in total. The largest absolute Gasteiger partial charge is 0.497 e. The van der Waals surface area contributed by atoms with Crippen LogP contribution in [0.25, 0.3) is 0 Å². The van der Waals surface area contributed by atoms with Gasteiger partial charge in [0.15, 0.2) is 11.0 Å². The third-order valence-corrected chi connectivity index (χ3v) is 9.34. The lowest BCUT2D eigenvalue weighted by atomic mass is 9.91. The van der Waals surface area contributed by atoms with Crippen molar-refractivity contribution in [3.63, 3.8) is 0 Å². The van der Waals surface area contributed by atoms with Gasteiger partial charge in [-0.2, -0.15) is 4.72 Å². The first-order valence-electron chi connectivity index (χ1n) is 12.2. The van der Waals surface area contributed by atoms with E-state index in [0.29, 0.717) is 23.9 Å². The van der Waals surface area contributed by atoms with Gasteiger partial charge in [-0.15, -0.1) is 10.2 Å². The number of ether oxygens (including phenoxy) is 2. The molecule has 1 saturated carbocycles. The third-order valence-electron chi connectivity index (χ3n) is 6.59. The highest BCUT2D eigenvalue weighted by Crippen LogP contribution is 2.32. The van der Waals surface area contributed by atoms with Gasteiger partial charge >= 0.3 is 0 Å². The molecule has 1 heterocycles. The van der Waals surface area contributed by atoms with Crippen molar-refractivity contribution in [1.82, 2.24) is 19.5 Å². The van der Waals surface area contributed by atoms with Crippen molar-refractivity contribution in [2.45, 2.75) is 54.6 Å². The highest BCUT2D eigenvalue weighted by Gasteiger charge is 2.29. The molecule has 1 aliphatic rings. The van der Waals surface area contributed by atoms with Crippen LogP contribution < -0.4 is 14.2 Å². The second kappa shape index (κ2) is 12.1. The maximum atomic E-state index is 13.6. The number of benzene rings is 2. The predicted molar refractivity (Wildman–Crippen MR) is 141 cm³/mol. The van der Waals surface area contributed by atoms with Crippen LogP contribution >= 0.6 is 11.8 Å². The normalized spacial score (nSPS) is 15.5. The van der Waals surface area contributed by atoms with Crippen LogP contribution in [0, 0.1) is 5.92 Å². The Kier molecular flexibility index (Phi) is 8.92. The van der Waals surface area contributed by atoms with E-state index in [9.17, 15) is 8.42 Å². The highest BCUT2D eigenvalue weighted by molar-refractivity contribution is 7.99. The third kappa shape index (κ3) is 6.41. The number of nitrogens with zero attached hydrogens (tertiary/aromatic N) is 3. The summed E-state index contributed by atoms with van der Waals surface area (Å²) in [4.78, 5) is 0.0106. The molecule has 0 spiro atoms. The molecule has 194 valence electrons. The van der Waals surface area contributed by atoms with Crippen LogP contribution in [0.4, 0.5) is 0 Å². The van der Waals surface area contributed by atoms with E-state index in [1.165, 1.54) is 52.4 Å². The minimum Gasteiger partial charge on any atom is -0.497 e. The molecule has 36 heavy (non-hydrogen) atoms. The average molecular weight is 531 g/mol. The summed E-state index contributed by atoms with van der Waals surface area (Å²) in [5.41, 5.74) is 0.988. The Bertz CT molecular complexity index is 1240. The van der Waals surface area contributed by atoms with Crippen LogP contribution in [0.3, 0.4) is 0 Å². The summed E-state index contributed by atoms with van der Waals surface area (Å²) in [6, 6.07) is 13.8. The SMILES string of the molecule is COc1ccc(OC)c(S(=O)(=O)NC(Cc2ccccc2)c2nnc(SCC3CCCCC3)n2C)c1. The maximum Gasteiger partial charge on any atom is 0.245 e. The number of hydrogen-bond donors (Lipinski definition) is 1. The van der Waals surface area contributed by atoms with Crippen molar-refractivity contribution in [3.8, 4) is 11.5 Å². The Morgan fingerprint density at radius 3 is 2.50 bits per heavy atom. The van der Waals surface area contributed by atoms with Crippen LogP contribution in [0.2, 0.25) is 0 Å². The molecule has 3 aromatic rings. The number of methoxy groups -OCH3 is 2. The molecule has 1 aromatic heterocycles. The lowest BCUT2D eigenvalue weighted by Crippen LogP contribution is -2.32. The quantitative estimate of drug-likeness (QED) is 0.357. The van der Waals surface area contributed by atoms with Crippen LogP contribution in [0.15, 0.2) is 58.6 Å². The van der Waals surface area contributed by atoms with E-state index < -0.39 is 16.1 Å². The molecule has 4 rings (SSSR count). The fourth-order valence-electron chi connectivity index (χ4n) is 4.58. The molecule has 1 unspecified atom stereocenters. The smallest absolute Gasteiger partial charge is 0.245 e. The van der Waals surface area contributed by atoms with E-state index in [-0.39, 0.29) is 10.6 Å². The molecule has 1 aliphatic carbocycles. The van der Waals surface area contributed by atoms with Crippen molar-refractivity contribution >= 4 is 21.8 Å². The lowest BCUT2D eigenvalue weighted by Gasteiger charge is -2.21. The summed E-state index contributed by atoms with van der Waals surface area (Å²) in [5, 5.41) is 9.66. The van der Waals surface area contributed by atoms with E-state index in [1.54, 1.807) is 23.9 Å². The van der Waals surface area contributed by atoms with Crippen LogP contribution in [0.5, 0.6) is 11.5 Å². The van der Waals surface area contributed by atoms with Gasteiger partial charge in [-0.3, -0.25) is 0 Å². The standard InChI is InChI=1S/C26H34N4O4S2/c1-30-25(27-28-26(30)35-18-20-12-8-5-9-13-20)22(16-19-10-6-4-7-11-19)29-36(31,32)24-17-21(33-2)14-15-23(24)34-3/h4,6-7,10-11,14-15,17,20,22,29H,5,8-9,12-13,16,18H2,1-3H3. The number of aromatic nitrogens is 3. The van der Waals surface area contributed by atoms with Crippen LogP contribution in [-0.2, 0) is 23.5 Å². The van der Waals surface area contributed by atoms with Gasteiger partial charge in [-0.1, -0.05) is 61.4 Å². The zero-order valence-corrected chi connectivity index (χ0v) is 22.6. The number of nitrogens with one attached hydrogen (secondary N) is 1. The first kappa shape index (κ1) is 26.5. The molecular formula is C26H34N4O4S2. The number of sulfonamides is 1. The van der Waals surface area contributed by atoms with E-state index >= 15 is 0 Å². The molecule has 0 amide bonds. The van der Waals surface area contributed by atoms with Crippen molar-refractivity contribution in [2.24, 2.45) is 13.0 Å². The van der Waals surface area contributed by atoms with E-state index in [2.05, 4.69) is 14.9 Å². The summed E-state index contributed by atoms with van der Waals surface area (Å²) < 4.78 is 42.6. The molecule has 1 fully saturated rings. The van der Waals surface area contributed by atoms with E-state index in [4.69, 9.17) is 9.47 Å². The molecule has 0 aliphatic heterocycles. The Balaban J connectivity index is 1.62. The summed E-state index contributed by atoms with van der Waals surface area (Å²) >= 11 is 1.70. The molecule has 1 atom stereocenters. The molecule has 2 aromatic carbocycles. The van der Waals surface area contributed by atoms with Gasteiger partial charge in [-0.25, -0.2) is 8.42 Å². The Morgan fingerprint density at radius 2 is 1.81 bits per heavy atom. The molecule has 0 radical (unpaired) electrons. The molecular weight excluding hydrogens is 496 g/mol. The molecule has 1 N–H and O–H groups in total. The van der Waals surface area contributed by atoms with Gasteiger partial charge < -0.3 is 14.0 Å². The van der Waals surface area contributed by atoms with Crippen molar-refractivity contribution < 1.29 is 17.9 Å². The Hall–Kier alpha value is -2.56. The summed E-state index contributed by atoms with van der Waals surface area (Å²) in [5.74, 6) is 2.93. The van der Waals surface area contributed by atoms with E-state index in [0.717, 1.165) is 16.5 Å². The topological polar surface area (TPSA) is 95.3 Å². The molecule has 10 heteroatoms. The fraction of sp³-hybridized carbons (Fsp3) is 0.462. The minimum atomic E-state index is -3.98. The minimum absolute atomic E-state index is 0.0106. The predicted octanol–water partition coefficient (Wildman–Crippen LogP) is 4.77. The second-order valence-corrected chi connectivity index (χ2v) is 11.8. The first-order valence-corrected chi connectivity index (χ1v) is 14.7. The zero-order valence-electron chi connectivity index (χ0n) is 21.0. The van der Waals surface area contributed by atoms with Crippen LogP contribution in [-0.4, -0.2) is 43.2 Å². The number of hydrogen-bond acceptors (Lipinski definition) is 7. The maximum absolute atomic E-state index is 13.6. The lowest BCUT2D eigenvalue weighted by molar-refractivity contribution is 0.390. The second-order valence-electron chi connectivity index (χ2n) is 9.10. The van der Waals surface area contributed by atoms with Crippen molar-refractivity contribution in [2.75, 3.05) is 20.0 Å². The summed E-state index contributed by atoms with van der Waals surface area (Å²) in [7, 11) is 0.858. The summed E-state index contributed by atoms with van der Waals surface area (Å²) in [6.45, 7) is 0. The van der Waals surface area contributed by atoms with Gasteiger partial charge in [0.05, 0.1) is 20.3 Å². The highest BCUT2D eigenvalue weighted by atomic mass is 32.2. The molecule has 0 saturated heterocycles. The monoisotopic (exact) mass is 530 g/mol. The Morgan fingerprint density at radius 1 is 1.06 bits per heavy atom. The number of rotatable bonds is 11. The average Bonchev–Trinajstić information content (AvgIpc) is 3.27.